The van der Waals surface area contributed by atoms with E-state index < -0.39 is 17.1 Å². The Balaban J connectivity index is 1.87. The van der Waals surface area contributed by atoms with Gasteiger partial charge in [0, 0.05) is 33.9 Å². The maximum absolute atomic E-state index is 5.94. The van der Waals surface area contributed by atoms with E-state index in [1.165, 1.54) is 11.1 Å². The third-order valence-corrected chi connectivity index (χ3v) is 12.9. The highest BCUT2D eigenvalue weighted by molar-refractivity contribution is 6.66. The van der Waals surface area contributed by atoms with Crippen molar-refractivity contribution in [1.82, 2.24) is 0 Å². The first kappa shape index (κ1) is 29.5. The molecule has 2 rings (SSSR count). The second kappa shape index (κ2) is 13.6. The molecular weight excluding hydrogens is 476 g/mol. The van der Waals surface area contributed by atoms with E-state index in [9.17, 15) is 0 Å². The minimum absolute atomic E-state index is 0.133. The van der Waals surface area contributed by atoms with Gasteiger partial charge in [-0.25, -0.2) is 0 Å². The van der Waals surface area contributed by atoms with Crippen LogP contribution in [0, 0.1) is 0 Å². The average Bonchev–Trinajstić information content (AvgIpc) is 2.89. The fraction of sp³-hybridized carbons (Fsp3) is 0.556. The molecule has 2 aromatic carbocycles. The molecule has 0 aliphatic rings. The molecule has 0 aromatic heterocycles. The predicted octanol–water partition coefficient (Wildman–Crippen LogP) is 6.28. The lowest BCUT2D eigenvalue weighted by Crippen LogP contribution is -2.36. The van der Waals surface area contributed by atoms with Crippen LogP contribution in [0.2, 0.25) is 25.2 Å². The molecule has 0 spiro atoms. The van der Waals surface area contributed by atoms with Gasteiger partial charge in [-0.2, -0.15) is 0 Å². The Morgan fingerprint density at radius 3 is 1.17 bits per heavy atom. The van der Waals surface area contributed by atoms with Crippen LogP contribution < -0.4 is 9.47 Å². The SMILES string of the molecule is CO[Si](C)(CCCOc1ccc(C(C)(C)c2ccc(OCCC[Si](C)(OC)OC)cc2)cc1)OC. The van der Waals surface area contributed by atoms with E-state index in [0.717, 1.165) is 36.4 Å². The van der Waals surface area contributed by atoms with Gasteiger partial charge in [0.2, 0.25) is 0 Å². The predicted molar refractivity (Wildman–Crippen MR) is 146 cm³/mol. The molecule has 196 valence electrons. The molecule has 0 saturated heterocycles. The van der Waals surface area contributed by atoms with Crippen molar-refractivity contribution in [2.45, 2.75) is 57.3 Å². The van der Waals surface area contributed by atoms with Crippen LogP contribution in [0.1, 0.15) is 37.8 Å². The van der Waals surface area contributed by atoms with Crippen molar-refractivity contribution in [2.24, 2.45) is 0 Å². The zero-order valence-electron chi connectivity index (χ0n) is 22.8. The lowest BCUT2D eigenvalue weighted by molar-refractivity contribution is 0.241. The molecule has 6 nitrogen and oxygen atoms in total. The smallest absolute Gasteiger partial charge is 0.334 e. The van der Waals surface area contributed by atoms with Gasteiger partial charge in [-0.15, -0.1) is 0 Å². The van der Waals surface area contributed by atoms with Crippen LogP contribution in [0.15, 0.2) is 48.5 Å². The summed E-state index contributed by atoms with van der Waals surface area (Å²) in [5.74, 6) is 1.76. The van der Waals surface area contributed by atoms with E-state index in [1.807, 2.05) is 0 Å². The molecule has 0 aliphatic heterocycles. The number of benzene rings is 2. The molecule has 0 bridgehead atoms. The molecule has 0 N–H and O–H groups in total. The van der Waals surface area contributed by atoms with Crippen molar-refractivity contribution in [2.75, 3.05) is 41.7 Å². The highest BCUT2D eigenvalue weighted by atomic mass is 28.4. The van der Waals surface area contributed by atoms with Crippen molar-refractivity contribution >= 4 is 17.1 Å². The summed E-state index contributed by atoms with van der Waals surface area (Å²) in [7, 11) is 2.83. The van der Waals surface area contributed by atoms with E-state index in [-0.39, 0.29) is 5.41 Å². The normalized spacial score (nSPS) is 12.6. The van der Waals surface area contributed by atoms with Crippen LogP contribution in [-0.2, 0) is 23.1 Å². The van der Waals surface area contributed by atoms with E-state index in [0.29, 0.717) is 13.2 Å². The molecule has 0 unspecified atom stereocenters. The Morgan fingerprint density at radius 1 is 0.571 bits per heavy atom. The Hall–Kier alpha value is -1.69. The van der Waals surface area contributed by atoms with Gasteiger partial charge in [0.05, 0.1) is 13.2 Å². The maximum atomic E-state index is 5.94. The number of rotatable bonds is 16. The summed E-state index contributed by atoms with van der Waals surface area (Å²) in [4.78, 5) is 0. The molecular formula is C27H44O6Si2. The minimum atomic E-state index is -2.03. The molecule has 0 fully saturated rings. The molecule has 2 aromatic rings. The van der Waals surface area contributed by atoms with Gasteiger partial charge in [-0.3, -0.25) is 0 Å². The van der Waals surface area contributed by atoms with Gasteiger partial charge < -0.3 is 27.2 Å². The van der Waals surface area contributed by atoms with E-state index in [1.54, 1.807) is 28.4 Å². The lowest BCUT2D eigenvalue weighted by Gasteiger charge is -2.26. The van der Waals surface area contributed by atoms with Crippen molar-refractivity contribution in [1.29, 1.82) is 0 Å². The monoisotopic (exact) mass is 520 g/mol. The standard InChI is InChI=1S/C27H44O6Si2/c1-27(2,23-11-15-25(16-12-23)32-19-9-21-34(7,28-3)29-4)24-13-17-26(18-14-24)33-20-10-22-35(8,30-5)31-6/h11-18H,9-10,19-22H2,1-8H3. The summed E-state index contributed by atoms with van der Waals surface area (Å²) >= 11 is 0. The van der Waals surface area contributed by atoms with Crippen LogP contribution >= 0.6 is 0 Å². The van der Waals surface area contributed by atoms with E-state index in [4.69, 9.17) is 27.2 Å². The highest BCUT2D eigenvalue weighted by Gasteiger charge is 2.29. The first-order valence-corrected chi connectivity index (χ1v) is 17.3. The third kappa shape index (κ3) is 8.73. The summed E-state index contributed by atoms with van der Waals surface area (Å²) in [6, 6.07) is 18.6. The molecule has 0 aliphatic carbocycles. The van der Waals surface area contributed by atoms with Crippen molar-refractivity contribution < 1.29 is 27.2 Å². The highest BCUT2D eigenvalue weighted by Crippen LogP contribution is 2.33. The summed E-state index contributed by atoms with van der Waals surface area (Å²) in [5.41, 5.74) is 2.34. The molecule has 0 radical (unpaired) electrons. The van der Waals surface area contributed by atoms with Gasteiger partial charge in [-0.1, -0.05) is 38.1 Å². The summed E-state index contributed by atoms with van der Waals surface area (Å²) in [6.07, 6.45) is 1.82. The van der Waals surface area contributed by atoms with E-state index >= 15 is 0 Å². The first-order valence-electron chi connectivity index (χ1n) is 12.3. The minimum Gasteiger partial charge on any atom is -0.494 e. The van der Waals surface area contributed by atoms with Gasteiger partial charge in [0.1, 0.15) is 11.5 Å². The zero-order chi connectivity index (χ0) is 26.0. The lowest BCUT2D eigenvalue weighted by atomic mass is 9.78. The Morgan fingerprint density at radius 2 is 0.886 bits per heavy atom. The average molecular weight is 521 g/mol. The van der Waals surface area contributed by atoms with Crippen LogP contribution in [-0.4, -0.2) is 58.8 Å². The van der Waals surface area contributed by atoms with Gasteiger partial charge in [0.15, 0.2) is 0 Å². The van der Waals surface area contributed by atoms with E-state index in [2.05, 4.69) is 75.5 Å². The second-order valence-corrected chi connectivity index (χ2v) is 16.8. The topological polar surface area (TPSA) is 55.4 Å². The van der Waals surface area contributed by atoms with Gasteiger partial charge in [0.25, 0.3) is 0 Å². The second-order valence-electron chi connectivity index (χ2n) is 9.66. The third-order valence-electron chi connectivity index (χ3n) is 6.97. The first-order chi connectivity index (χ1) is 16.6. The van der Waals surface area contributed by atoms with Crippen molar-refractivity contribution in [3.63, 3.8) is 0 Å². The largest absolute Gasteiger partial charge is 0.494 e. The van der Waals surface area contributed by atoms with Crippen LogP contribution in [0.3, 0.4) is 0 Å². The Kier molecular flexibility index (Phi) is 11.5. The molecule has 0 amide bonds. The van der Waals surface area contributed by atoms with Crippen LogP contribution in [0.4, 0.5) is 0 Å². The molecule has 8 heteroatoms. The van der Waals surface area contributed by atoms with Crippen LogP contribution in [0.5, 0.6) is 11.5 Å². The maximum Gasteiger partial charge on any atom is 0.334 e. The Bertz CT molecular complexity index is 791. The fourth-order valence-corrected chi connectivity index (χ4v) is 6.57. The Labute approximate surface area is 214 Å². The number of hydrogen-bond donors (Lipinski definition) is 0. The molecule has 0 heterocycles. The molecule has 0 saturated carbocycles. The number of ether oxygens (including phenoxy) is 2. The van der Waals surface area contributed by atoms with Crippen molar-refractivity contribution in [3.05, 3.63) is 59.7 Å². The zero-order valence-corrected chi connectivity index (χ0v) is 24.8. The van der Waals surface area contributed by atoms with Crippen LogP contribution in [0.25, 0.3) is 0 Å². The number of hydrogen-bond acceptors (Lipinski definition) is 6. The molecule has 0 atom stereocenters. The summed E-state index contributed by atoms with van der Waals surface area (Å²) < 4.78 is 34.0. The van der Waals surface area contributed by atoms with Crippen molar-refractivity contribution in [3.8, 4) is 11.5 Å². The van der Waals surface area contributed by atoms with Gasteiger partial charge >= 0.3 is 17.1 Å². The quantitative estimate of drug-likeness (QED) is 0.192. The molecule has 35 heavy (non-hydrogen) atoms. The fourth-order valence-electron chi connectivity index (χ4n) is 3.84. The van der Waals surface area contributed by atoms with Gasteiger partial charge in [-0.05, 0) is 73.4 Å². The summed E-state index contributed by atoms with van der Waals surface area (Å²) in [5, 5.41) is 0. The summed E-state index contributed by atoms with van der Waals surface area (Å²) in [6.45, 7) is 9.92.